The van der Waals surface area contributed by atoms with Crippen molar-refractivity contribution in [1.29, 1.82) is 0 Å². The first-order valence-corrected chi connectivity index (χ1v) is 9.03. The van der Waals surface area contributed by atoms with Gasteiger partial charge in [-0.3, -0.25) is 0 Å². The van der Waals surface area contributed by atoms with Crippen LogP contribution >= 0.6 is 11.6 Å². The van der Waals surface area contributed by atoms with Gasteiger partial charge in [0.05, 0.1) is 24.7 Å². The van der Waals surface area contributed by atoms with Crippen molar-refractivity contribution in [2.75, 3.05) is 7.11 Å². The van der Waals surface area contributed by atoms with E-state index in [1.807, 2.05) is 53.1 Å². The third-order valence-corrected chi connectivity index (χ3v) is 4.99. The van der Waals surface area contributed by atoms with Crippen LogP contribution in [-0.4, -0.2) is 16.7 Å². The van der Waals surface area contributed by atoms with E-state index in [-0.39, 0.29) is 5.82 Å². The number of hydrogen-bond donors (Lipinski definition) is 0. The van der Waals surface area contributed by atoms with E-state index in [4.69, 9.17) is 21.3 Å². The lowest BCUT2D eigenvalue weighted by Gasteiger charge is -2.12. The molecule has 4 aromatic rings. The van der Waals surface area contributed by atoms with Crippen LogP contribution in [0.2, 0.25) is 5.02 Å². The zero-order valence-corrected chi connectivity index (χ0v) is 15.6. The second kappa shape index (κ2) is 7.41. The maximum atomic E-state index is 14.4. The molecule has 27 heavy (non-hydrogen) atoms. The molecule has 0 atom stereocenters. The van der Waals surface area contributed by atoms with Crippen molar-refractivity contribution >= 4 is 22.6 Å². The Morgan fingerprint density at radius 3 is 2.52 bits per heavy atom. The molecule has 5 heteroatoms. The van der Waals surface area contributed by atoms with Crippen molar-refractivity contribution in [2.45, 2.75) is 13.0 Å². The molecule has 0 N–H and O–H groups in total. The molecular formula is C22H18ClFN2O. The van der Waals surface area contributed by atoms with E-state index in [0.29, 0.717) is 23.6 Å². The molecule has 136 valence electrons. The zero-order chi connectivity index (χ0) is 18.8. The largest absolute Gasteiger partial charge is 0.497 e. The highest BCUT2D eigenvalue weighted by atomic mass is 35.5. The molecule has 0 amide bonds. The zero-order valence-electron chi connectivity index (χ0n) is 14.8. The van der Waals surface area contributed by atoms with Gasteiger partial charge in [0, 0.05) is 17.0 Å². The van der Waals surface area contributed by atoms with Crippen molar-refractivity contribution in [3.63, 3.8) is 0 Å². The lowest BCUT2D eigenvalue weighted by atomic mass is 10.1. The summed E-state index contributed by atoms with van der Waals surface area (Å²) in [6, 6.07) is 20.5. The number of nitrogens with zero attached hydrogens (tertiary/aromatic N) is 2. The fraction of sp³-hybridized carbons (Fsp3) is 0.136. The Kier molecular flexibility index (Phi) is 4.82. The van der Waals surface area contributed by atoms with Crippen molar-refractivity contribution in [2.24, 2.45) is 0 Å². The highest BCUT2D eigenvalue weighted by Crippen LogP contribution is 2.25. The van der Waals surface area contributed by atoms with Crippen molar-refractivity contribution in [3.05, 3.63) is 94.5 Å². The number of ether oxygens (including phenoxy) is 1. The van der Waals surface area contributed by atoms with Gasteiger partial charge in [-0.05, 0) is 42.0 Å². The number of imidazole rings is 1. The Hall–Kier alpha value is -2.85. The summed E-state index contributed by atoms with van der Waals surface area (Å²) in [7, 11) is 1.65. The molecule has 0 aliphatic heterocycles. The second-order valence-corrected chi connectivity index (χ2v) is 6.74. The Balaban J connectivity index is 1.77. The lowest BCUT2D eigenvalue weighted by Crippen LogP contribution is -2.08. The first-order valence-electron chi connectivity index (χ1n) is 8.65. The fourth-order valence-corrected chi connectivity index (χ4v) is 3.43. The van der Waals surface area contributed by atoms with Crippen LogP contribution in [0.5, 0.6) is 5.75 Å². The Bertz CT molecular complexity index is 1070. The molecule has 0 saturated heterocycles. The van der Waals surface area contributed by atoms with E-state index in [9.17, 15) is 4.39 Å². The summed E-state index contributed by atoms with van der Waals surface area (Å²) in [6.45, 7) is 0.331. The Labute approximate surface area is 162 Å². The molecular weight excluding hydrogens is 363 g/mol. The molecule has 0 unspecified atom stereocenters. The van der Waals surface area contributed by atoms with Gasteiger partial charge in [-0.1, -0.05) is 41.9 Å². The summed E-state index contributed by atoms with van der Waals surface area (Å²) in [5.74, 6) is 1.36. The number of methoxy groups -OCH3 is 1. The molecule has 0 saturated carbocycles. The van der Waals surface area contributed by atoms with E-state index in [0.717, 1.165) is 28.2 Å². The quantitative estimate of drug-likeness (QED) is 0.458. The van der Waals surface area contributed by atoms with Gasteiger partial charge in [0.2, 0.25) is 0 Å². The van der Waals surface area contributed by atoms with Crippen LogP contribution in [0.1, 0.15) is 17.0 Å². The minimum atomic E-state index is -0.310. The third kappa shape index (κ3) is 3.53. The number of benzene rings is 3. The predicted molar refractivity (Wildman–Crippen MR) is 106 cm³/mol. The van der Waals surface area contributed by atoms with Gasteiger partial charge in [-0.2, -0.15) is 0 Å². The molecule has 4 rings (SSSR count). The summed E-state index contributed by atoms with van der Waals surface area (Å²) >= 11 is 6.26. The number of para-hydroxylation sites is 2. The third-order valence-electron chi connectivity index (χ3n) is 4.63. The molecule has 0 radical (unpaired) electrons. The number of hydrogen-bond acceptors (Lipinski definition) is 2. The summed E-state index contributed by atoms with van der Waals surface area (Å²) < 4.78 is 21.6. The topological polar surface area (TPSA) is 27.1 Å². The molecule has 0 aliphatic carbocycles. The van der Waals surface area contributed by atoms with Crippen LogP contribution in [0, 0.1) is 5.82 Å². The predicted octanol–water partition coefficient (Wildman–Crippen LogP) is 5.48. The number of fused-ring (bicyclic) bond motifs is 1. The summed E-state index contributed by atoms with van der Waals surface area (Å²) in [6.07, 6.45) is 0.630. The smallest absolute Gasteiger partial charge is 0.129 e. The van der Waals surface area contributed by atoms with E-state index in [2.05, 4.69) is 0 Å². The molecule has 0 spiro atoms. The minimum Gasteiger partial charge on any atom is -0.497 e. The van der Waals surface area contributed by atoms with Crippen molar-refractivity contribution < 1.29 is 9.13 Å². The van der Waals surface area contributed by atoms with Gasteiger partial charge in [0.25, 0.3) is 0 Å². The number of halogens is 2. The van der Waals surface area contributed by atoms with Crippen LogP contribution in [0.3, 0.4) is 0 Å². The standard InChI is InChI=1S/C22H18ClFN2O/c1-27-16-11-9-15(10-12-16)13-22-25-20-7-2-3-8-21(20)26(22)14-17-18(23)5-4-6-19(17)24/h2-12H,13-14H2,1H3. The molecule has 1 aromatic heterocycles. The number of rotatable bonds is 5. The monoisotopic (exact) mass is 380 g/mol. The summed E-state index contributed by atoms with van der Waals surface area (Å²) in [5, 5.41) is 0.420. The number of aromatic nitrogens is 2. The summed E-state index contributed by atoms with van der Waals surface area (Å²) in [4.78, 5) is 4.77. The van der Waals surface area contributed by atoms with Gasteiger partial charge in [-0.25, -0.2) is 9.37 Å². The first-order chi connectivity index (χ1) is 13.2. The first kappa shape index (κ1) is 17.6. The van der Waals surface area contributed by atoms with Crippen LogP contribution in [0.4, 0.5) is 4.39 Å². The highest BCUT2D eigenvalue weighted by molar-refractivity contribution is 6.31. The Morgan fingerprint density at radius 1 is 1.00 bits per heavy atom. The molecule has 3 aromatic carbocycles. The highest BCUT2D eigenvalue weighted by Gasteiger charge is 2.15. The minimum absolute atomic E-state index is 0.310. The maximum Gasteiger partial charge on any atom is 0.129 e. The van der Waals surface area contributed by atoms with E-state index in [1.54, 1.807) is 19.2 Å². The molecule has 0 fully saturated rings. The van der Waals surface area contributed by atoms with Gasteiger partial charge in [0.15, 0.2) is 0 Å². The van der Waals surface area contributed by atoms with Crippen LogP contribution in [0.15, 0.2) is 66.7 Å². The normalized spacial score (nSPS) is 11.1. The second-order valence-electron chi connectivity index (χ2n) is 6.33. The van der Waals surface area contributed by atoms with Gasteiger partial charge in [0.1, 0.15) is 17.4 Å². The lowest BCUT2D eigenvalue weighted by molar-refractivity contribution is 0.414. The van der Waals surface area contributed by atoms with Crippen LogP contribution in [0.25, 0.3) is 11.0 Å². The summed E-state index contributed by atoms with van der Waals surface area (Å²) in [5.41, 5.74) is 3.42. The molecule has 0 aliphatic rings. The average molecular weight is 381 g/mol. The average Bonchev–Trinajstić information content (AvgIpc) is 3.02. The van der Waals surface area contributed by atoms with Gasteiger partial charge >= 0.3 is 0 Å². The van der Waals surface area contributed by atoms with Gasteiger partial charge in [-0.15, -0.1) is 0 Å². The van der Waals surface area contributed by atoms with E-state index in [1.165, 1.54) is 6.07 Å². The van der Waals surface area contributed by atoms with Crippen molar-refractivity contribution in [1.82, 2.24) is 9.55 Å². The SMILES string of the molecule is COc1ccc(Cc2nc3ccccc3n2Cc2c(F)cccc2Cl)cc1. The van der Waals surface area contributed by atoms with E-state index >= 15 is 0 Å². The molecule has 3 nitrogen and oxygen atoms in total. The van der Waals surface area contributed by atoms with Crippen molar-refractivity contribution in [3.8, 4) is 5.75 Å². The fourth-order valence-electron chi connectivity index (χ4n) is 3.20. The van der Waals surface area contributed by atoms with E-state index < -0.39 is 0 Å². The molecule has 1 heterocycles. The van der Waals surface area contributed by atoms with Crippen LogP contribution < -0.4 is 4.74 Å². The molecule has 0 bridgehead atoms. The Morgan fingerprint density at radius 2 is 1.78 bits per heavy atom. The van der Waals surface area contributed by atoms with Crippen LogP contribution in [-0.2, 0) is 13.0 Å². The van der Waals surface area contributed by atoms with Gasteiger partial charge < -0.3 is 9.30 Å². The maximum absolute atomic E-state index is 14.4.